The van der Waals surface area contributed by atoms with E-state index in [1.165, 1.54) is 37.6 Å². The zero-order valence-electron chi connectivity index (χ0n) is 10.2. The van der Waals surface area contributed by atoms with Crippen LogP contribution in [0.5, 0.6) is 5.75 Å². The summed E-state index contributed by atoms with van der Waals surface area (Å²) in [4.78, 5) is 3.89. The summed E-state index contributed by atoms with van der Waals surface area (Å²) in [7, 11) is 1.44. The number of benzene rings is 1. The van der Waals surface area contributed by atoms with Crippen molar-refractivity contribution in [1.82, 2.24) is 10.4 Å². The second-order valence-electron chi connectivity index (χ2n) is 3.86. The molecule has 1 heterocycles. The Morgan fingerprint density at radius 3 is 2.63 bits per heavy atom. The summed E-state index contributed by atoms with van der Waals surface area (Å²) in [5.41, 5.74) is 2.60. The van der Waals surface area contributed by atoms with E-state index in [-0.39, 0.29) is 11.3 Å². The molecule has 2 aromatic rings. The summed E-state index contributed by atoms with van der Waals surface area (Å²) in [5, 5.41) is 0. The normalized spacial score (nSPS) is 12.2. The molecule has 2 rings (SSSR count). The van der Waals surface area contributed by atoms with Crippen LogP contribution in [-0.2, 0) is 0 Å². The van der Waals surface area contributed by atoms with Crippen molar-refractivity contribution in [3.63, 3.8) is 0 Å². The van der Waals surface area contributed by atoms with Gasteiger partial charge in [-0.25, -0.2) is 14.2 Å². The van der Waals surface area contributed by atoms with Gasteiger partial charge in [0.05, 0.1) is 18.8 Å². The number of aromatic nitrogens is 1. The van der Waals surface area contributed by atoms with E-state index in [1.54, 1.807) is 6.07 Å². The molecule has 1 unspecified atom stereocenters. The van der Waals surface area contributed by atoms with Crippen molar-refractivity contribution in [3.8, 4) is 5.75 Å². The first-order valence-corrected chi connectivity index (χ1v) is 5.57. The van der Waals surface area contributed by atoms with Gasteiger partial charge in [0.15, 0.2) is 0 Å². The zero-order valence-corrected chi connectivity index (χ0v) is 10.2. The van der Waals surface area contributed by atoms with Gasteiger partial charge >= 0.3 is 0 Å². The average molecular weight is 265 g/mol. The molecule has 19 heavy (non-hydrogen) atoms. The highest BCUT2D eigenvalue weighted by molar-refractivity contribution is 5.34. The van der Waals surface area contributed by atoms with E-state index >= 15 is 0 Å². The van der Waals surface area contributed by atoms with E-state index in [9.17, 15) is 8.78 Å². The molecule has 4 nitrogen and oxygen atoms in total. The second kappa shape index (κ2) is 5.73. The molecular weight excluding hydrogens is 252 g/mol. The van der Waals surface area contributed by atoms with E-state index in [1.807, 2.05) is 0 Å². The average Bonchev–Trinajstić information content (AvgIpc) is 2.43. The smallest absolute Gasteiger partial charge is 0.146 e. The maximum Gasteiger partial charge on any atom is 0.146 e. The fourth-order valence-electron chi connectivity index (χ4n) is 1.80. The Kier molecular flexibility index (Phi) is 4.03. The van der Waals surface area contributed by atoms with Gasteiger partial charge in [-0.3, -0.25) is 10.8 Å². The Labute approximate surface area is 109 Å². The fourth-order valence-corrected chi connectivity index (χ4v) is 1.80. The van der Waals surface area contributed by atoms with Crippen LogP contribution in [0.1, 0.15) is 17.3 Å². The van der Waals surface area contributed by atoms with E-state index in [0.717, 1.165) is 0 Å². The zero-order chi connectivity index (χ0) is 13.8. The molecule has 0 bridgehead atoms. The van der Waals surface area contributed by atoms with Crippen LogP contribution in [0, 0.1) is 11.6 Å². The van der Waals surface area contributed by atoms with Crippen LogP contribution in [0.2, 0.25) is 0 Å². The SMILES string of the molecule is COc1ccc(C(NN)c2ncccc2F)c(F)c1. The molecule has 0 aliphatic rings. The number of hydrogen-bond acceptors (Lipinski definition) is 4. The van der Waals surface area contributed by atoms with Crippen molar-refractivity contribution in [3.05, 3.63) is 59.4 Å². The van der Waals surface area contributed by atoms with E-state index in [4.69, 9.17) is 10.6 Å². The standard InChI is InChI=1S/C13H13F2N3O/c1-19-8-4-5-9(11(15)7-8)12(18-16)13-10(14)3-2-6-17-13/h2-7,12,18H,16H2,1H3. The lowest BCUT2D eigenvalue weighted by Gasteiger charge is -2.17. The number of methoxy groups -OCH3 is 1. The van der Waals surface area contributed by atoms with Crippen LogP contribution in [0.3, 0.4) is 0 Å². The molecular formula is C13H13F2N3O. The number of hydrazine groups is 1. The van der Waals surface area contributed by atoms with Crippen molar-refractivity contribution < 1.29 is 13.5 Å². The van der Waals surface area contributed by atoms with Crippen LogP contribution in [0.25, 0.3) is 0 Å². The molecule has 0 aliphatic carbocycles. The van der Waals surface area contributed by atoms with Crippen molar-refractivity contribution in [2.75, 3.05) is 7.11 Å². The molecule has 0 amide bonds. The lowest BCUT2D eigenvalue weighted by molar-refractivity contribution is 0.409. The van der Waals surface area contributed by atoms with Gasteiger partial charge in [-0.05, 0) is 18.2 Å². The van der Waals surface area contributed by atoms with Gasteiger partial charge in [-0.1, -0.05) is 6.07 Å². The Bertz CT molecular complexity index is 578. The quantitative estimate of drug-likeness (QED) is 0.655. The number of nitrogens with two attached hydrogens (primary N) is 1. The number of nitrogens with one attached hydrogen (secondary N) is 1. The third-order valence-electron chi connectivity index (χ3n) is 2.75. The third-order valence-corrected chi connectivity index (χ3v) is 2.75. The van der Waals surface area contributed by atoms with Crippen LogP contribution in [0.15, 0.2) is 36.5 Å². The van der Waals surface area contributed by atoms with Gasteiger partial charge in [-0.15, -0.1) is 0 Å². The highest BCUT2D eigenvalue weighted by Crippen LogP contribution is 2.26. The van der Waals surface area contributed by atoms with Gasteiger partial charge in [0.1, 0.15) is 17.4 Å². The van der Waals surface area contributed by atoms with Gasteiger partial charge in [-0.2, -0.15) is 0 Å². The Morgan fingerprint density at radius 2 is 2.05 bits per heavy atom. The Balaban J connectivity index is 2.46. The van der Waals surface area contributed by atoms with Crippen molar-refractivity contribution in [2.24, 2.45) is 5.84 Å². The lowest BCUT2D eigenvalue weighted by Crippen LogP contribution is -2.31. The molecule has 1 aromatic heterocycles. The molecule has 0 saturated heterocycles. The summed E-state index contributed by atoms with van der Waals surface area (Å²) in [6.45, 7) is 0. The van der Waals surface area contributed by atoms with E-state index < -0.39 is 17.7 Å². The summed E-state index contributed by atoms with van der Waals surface area (Å²) < 4.78 is 32.6. The summed E-state index contributed by atoms with van der Waals surface area (Å²) >= 11 is 0. The van der Waals surface area contributed by atoms with Gasteiger partial charge < -0.3 is 4.74 Å². The summed E-state index contributed by atoms with van der Waals surface area (Å²) in [6.07, 6.45) is 1.42. The van der Waals surface area contributed by atoms with Crippen molar-refractivity contribution in [2.45, 2.75) is 6.04 Å². The molecule has 0 radical (unpaired) electrons. The maximum absolute atomic E-state index is 14.0. The van der Waals surface area contributed by atoms with Crippen molar-refractivity contribution >= 4 is 0 Å². The first-order valence-electron chi connectivity index (χ1n) is 5.57. The van der Waals surface area contributed by atoms with Gasteiger partial charge in [0, 0.05) is 17.8 Å². The number of ether oxygens (including phenoxy) is 1. The highest BCUT2D eigenvalue weighted by atomic mass is 19.1. The predicted molar refractivity (Wildman–Crippen MR) is 66.3 cm³/mol. The third kappa shape index (κ3) is 2.69. The Morgan fingerprint density at radius 1 is 1.26 bits per heavy atom. The van der Waals surface area contributed by atoms with E-state index in [0.29, 0.717) is 5.75 Å². The fraction of sp³-hybridized carbons (Fsp3) is 0.154. The molecule has 3 N–H and O–H groups in total. The van der Waals surface area contributed by atoms with Crippen LogP contribution in [0.4, 0.5) is 8.78 Å². The van der Waals surface area contributed by atoms with E-state index in [2.05, 4.69) is 10.4 Å². The molecule has 1 atom stereocenters. The van der Waals surface area contributed by atoms with Crippen molar-refractivity contribution in [1.29, 1.82) is 0 Å². The topological polar surface area (TPSA) is 60.2 Å². The van der Waals surface area contributed by atoms with Crippen LogP contribution < -0.4 is 16.0 Å². The molecule has 0 aliphatic heterocycles. The number of hydrogen-bond donors (Lipinski definition) is 2. The minimum Gasteiger partial charge on any atom is -0.497 e. The molecule has 0 fully saturated rings. The number of pyridine rings is 1. The first-order chi connectivity index (χ1) is 9.17. The molecule has 0 spiro atoms. The minimum atomic E-state index is -0.868. The summed E-state index contributed by atoms with van der Waals surface area (Å²) in [6, 6.07) is 6.09. The molecule has 6 heteroatoms. The lowest BCUT2D eigenvalue weighted by atomic mass is 10.0. The number of nitrogens with zero attached hydrogens (tertiary/aromatic N) is 1. The predicted octanol–water partition coefficient (Wildman–Crippen LogP) is 1.92. The molecule has 0 saturated carbocycles. The summed E-state index contributed by atoms with van der Waals surface area (Å²) in [5.74, 6) is 4.66. The first kappa shape index (κ1) is 13.4. The second-order valence-corrected chi connectivity index (χ2v) is 3.86. The number of rotatable bonds is 4. The molecule has 1 aromatic carbocycles. The maximum atomic E-state index is 14.0. The van der Waals surface area contributed by atoms with Gasteiger partial charge in [0.2, 0.25) is 0 Å². The van der Waals surface area contributed by atoms with Crippen LogP contribution >= 0.6 is 0 Å². The minimum absolute atomic E-state index is 0.0362. The Hall–Kier alpha value is -2.05. The van der Waals surface area contributed by atoms with Gasteiger partial charge in [0.25, 0.3) is 0 Å². The molecule has 100 valence electrons. The number of halogens is 2. The largest absolute Gasteiger partial charge is 0.497 e. The monoisotopic (exact) mass is 265 g/mol. The highest BCUT2D eigenvalue weighted by Gasteiger charge is 2.21. The van der Waals surface area contributed by atoms with Crippen LogP contribution in [-0.4, -0.2) is 12.1 Å².